The lowest BCUT2D eigenvalue weighted by Crippen LogP contribution is -2.08. The van der Waals surface area contributed by atoms with E-state index in [-0.39, 0.29) is 0 Å². The number of carbonyl (C=O) groups is 2. The second-order valence-corrected chi connectivity index (χ2v) is 11.5. The minimum atomic E-state index is -0.409. The van der Waals surface area contributed by atoms with Crippen molar-refractivity contribution in [3.8, 4) is 23.0 Å². The van der Waals surface area contributed by atoms with E-state index in [0.29, 0.717) is 35.8 Å². The summed E-state index contributed by atoms with van der Waals surface area (Å²) in [6.07, 6.45) is 10.8. The van der Waals surface area contributed by atoms with Crippen molar-refractivity contribution in [3.05, 3.63) is 119 Å². The van der Waals surface area contributed by atoms with Crippen molar-refractivity contribution in [3.63, 3.8) is 0 Å². The van der Waals surface area contributed by atoms with E-state index in [9.17, 15) is 9.59 Å². The minimum absolute atomic E-state index is 0.409. The van der Waals surface area contributed by atoms with Crippen molar-refractivity contribution in [2.75, 3.05) is 26.3 Å². The van der Waals surface area contributed by atoms with Gasteiger partial charge in [-0.1, -0.05) is 26.7 Å². The predicted octanol–water partition coefficient (Wildman–Crippen LogP) is 9.19. The monoisotopic (exact) mass is 662 g/mol. The van der Waals surface area contributed by atoms with E-state index in [0.717, 1.165) is 80.7 Å². The van der Waals surface area contributed by atoms with Crippen molar-refractivity contribution in [2.45, 2.75) is 58.8 Å². The Bertz CT molecular complexity index is 1490. The molecule has 4 aromatic rings. The minimum Gasteiger partial charge on any atom is -0.494 e. The standard InChI is InChI=1S/C41H46N2O6/c1-3-5-28-46-36-22-14-34(15-23-36)40(44)48-38-18-10-32(11-19-38)30-42-26-8-7-9-27-43-31-33-12-20-39(21-13-33)49-41(45)35-16-24-37(25-17-35)47-29-6-4-2/h10-25,30-31H,3-9,26-29H2,1-2H3. The molecule has 4 rings (SSSR count). The maximum Gasteiger partial charge on any atom is 0.343 e. The number of aliphatic imine (C=N–C) groups is 2. The second kappa shape index (κ2) is 20.9. The Labute approximate surface area is 289 Å². The third kappa shape index (κ3) is 13.4. The zero-order valence-electron chi connectivity index (χ0n) is 28.5. The highest BCUT2D eigenvalue weighted by Gasteiger charge is 2.10. The van der Waals surface area contributed by atoms with Crippen LogP contribution in [0.15, 0.2) is 107 Å². The Morgan fingerprint density at radius 2 is 0.857 bits per heavy atom. The van der Waals surface area contributed by atoms with Gasteiger partial charge in [0.15, 0.2) is 0 Å². The summed E-state index contributed by atoms with van der Waals surface area (Å²) in [7, 11) is 0. The molecule has 0 spiro atoms. The molecular weight excluding hydrogens is 616 g/mol. The summed E-state index contributed by atoms with van der Waals surface area (Å²) in [5.74, 6) is 1.64. The predicted molar refractivity (Wildman–Crippen MR) is 195 cm³/mol. The van der Waals surface area contributed by atoms with Crippen LogP contribution in [0.1, 0.15) is 90.6 Å². The van der Waals surface area contributed by atoms with Crippen LogP contribution in [0.4, 0.5) is 0 Å². The molecule has 4 aromatic carbocycles. The lowest BCUT2D eigenvalue weighted by Gasteiger charge is -2.07. The molecule has 0 amide bonds. The van der Waals surface area contributed by atoms with Crippen LogP contribution in [0.25, 0.3) is 0 Å². The van der Waals surface area contributed by atoms with Gasteiger partial charge < -0.3 is 18.9 Å². The van der Waals surface area contributed by atoms with Gasteiger partial charge in [0.05, 0.1) is 24.3 Å². The fourth-order valence-corrected chi connectivity index (χ4v) is 4.54. The van der Waals surface area contributed by atoms with Gasteiger partial charge in [-0.15, -0.1) is 0 Å². The van der Waals surface area contributed by atoms with E-state index < -0.39 is 11.9 Å². The number of hydrogen-bond acceptors (Lipinski definition) is 8. The quantitative estimate of drug-likeness (QED) is 0.0405. The number of rotatable bonds is 20. The summed E-state index contributed by atoms with van der Waals surface area (Å²) in [5.41, 5.74) is 2.83. The van der Waals surface area contributed by atoms with Gasteiger partial charge in [-0.2, -0.15) is 0 Å². The van der Waals surface area contributed by atoms with Crippen LogP contribution < -0.4 is 18.9 Å². The number of esters is 2. The molecule has 0 fully saturated rings. The molecule has 256 valence electrons. The number of carbonyl (C=O) groups excluding carboxylic acids is 2. The van der Waals surface area contributed by atoms with E-state index >= 15 is 0 Å². The van der Waals surface area contributed by atoms with Gasteiger partial charge in [0, 0.05) is 25.5 Å². The van der Waals surface area contributed by atoms with Crippen LogP contribution in [0.3, 0.4) is 0 Å². The normalized spacial score (nSPS) is 11.1. The molecule has 0 aliphatic carbocycles. The molecule has 0 aliphatic rings. The molecule has 0 aromatic heterocycles. The van der Waals surface area contributed by atoms with Crippen molar-refractivity contribution in [2.24, 2.45) is 9.98 Å². The number of unbranched alkanes of at least 4 members (excludes halogenated alkanes) is 4. The van der Waals surface area contributed by atoms with E-state index in [1.165, 1.54) is 0 Å². The number of ether oxygens (including phenoxy) is 4. The third-order valence-corrected chi connectivity index (χ3v) is 7.45. The summed E-state index contributed by atoms with van der Waals surface area (Å²) in [5, 5.41) is 0. The Hall–Kier alpha value is -5.24. The van der Waals surface area contributed by atoms with Gasteiger partial charge in [-0.05, 0) is 140 Å². The fourth-order valence-electron chi connectivity index (χ4n) is 4.54. The Balaban J connectivity index is 1.07. The zero-order valence-corrected chi connectivity index (χ0v) is 28.5. The topological polar surface area (TPSA) is 95.8 Å². The number of hydrogen-bond donors (Lipinski definition) is 0. The maximum atomic E-state index is 12.5. The van der Waals surface area contributed by atoms with E-state index in [1.54, 1.807) is 72.8 Å². The van der Waals surface area contributed by atoms with E-state index in [4.69, 9.17) is 18.9 Å². The molecule has 0 radical (unpaired) electrons. The highest BCUT2D eigenvalue weighted by molar-refractivity contribution is 5.92. The van der Waals surface area contributed by atoms with Gasteiger partial charge in [0.2, 0.25) is 0 Å². The SMILES string of the molecule is CCCCOc1ccc(C(=O)Oc2ccc(C=NCCCCCN=Cc3ccc(OC(=O)c4ccc(OCCCC)cc4)cc3)cc2)cc1. The van der Waals surface area contributed by atoms with Gasteiger partial charge in [0.25, 0.3) is 0 Å². The molecule has 8 heteroatoms. The first-order valence-electron chi connectivity index (χ1n) is 17.1. The van der Waals surface area contributed by atoms with Crippen molar-refractivity contribution >= 4 is 24.4 Å². The first-order valence-corrected chi connectivity index (χ1v) is 17.1. The average molecular weight is 663 g/mol. The first-order chi connectivity index (χ1) is 24.0. The molecule has 0 heterocycles. The van der Waals surface area contributed by atoms with E-state index in [1.807, 2.05) is 36.7 Å². The largest absolute Gasteiger partial charge is 0.494 e. The van der Waals surface area contributed by atoms with Gasteiger partial charge in [-0.3, -0.25) is 9.98 Å². The van der Waals surface area contributed by atoms with Gasteiger partial charge in [0.1, 0.15) is 23.0 Å². The van der Waals surface area contributed by atoms with Crippen LogP contribution in [-0.4, -0.2) is 50.7 Å². The zero-order chi connectivity index (χ0) is 34.5. The molecule has 0 saturated heterocycles. The molecule has 8 nitrogen and oxygen atoms in total. The van der Waals surface area contributed by atoms with E-state index in [2.05, 4.69) is 23.8 Å². The van der Waals surface area contributed by atoms with Crippen LogP contribution in [0.5, 0.6) is 23.0 Å². The Kier molecular flexibility index (Phi) is 15.6. The fraction of sp³-hybridized carbons (Fsp3) is 0.317. The Morgan fingerprint density at radius 3 is 1.22 bits per heavy atom. The highest BCUT2D eigenvalue weighted by atomic mass is 16.5. The first kappa shape index (κ1) is 36.6. The molecule has 0 atom stereocenters. The van der Waals surface area contributed by atoms with Gasteiger partial charge in [-0.25, -0.2) is 9.59 Å². The van der Waals surface area contributed by atoms with Crippen LogP contribution in [-0.2, 0) is 0 Å². The van der Waals surface area contributed by atoms with Crippen molar-refractivity contribution in [1.82, 2.24) is 0 Å². The summed E-state index contributed by atoms with van der Waals surface area (Å²) in [6.45, 7) is 7.02. The summed E-state index contributed by atoms with van der Waals surface area (Å²) >= 11 is 0. The summed E-state index contributed by atoms with van der Waals surface area (Å²) < 4.78 is 22.3. The lowest BCUT2D eigenvalue weighted by atomic mass is 10.2. The van der Waals surface area contributed by atoms with Crippen molar-refractivity contribution in [1.29, 1.82) is 0 Å². The molecule has 0 bridgehead atoms. The van der Waals surface area contributed by atoms with Crippen LogP contribution in [0.2, 0.25) is 0 Å². The van der Waals surface area contributed by atoms with Crippen molar-refractivity contribution < 1.29 is 28.5 Å². The third-order valence-electron chi connectivity index (χ3n) is 7.45. The van der Waals surface area contributed by atoms with Crippen LogP contribution >= 0.6 is 0 Å². The van der Waals surface area contributed by atoms with Gasteiger partial charge >= 0.3 is 11.9 Å². The summed E-state index contributed by atoms with van der Waals surface area (Å²) in [6, 6.07) is 28.6. The molecule has 0 aliphatic heterocycles. The molecule has 0 saturated carbocycles. The molecule has 0 unspecified atom stereocenters. The van der Waals surface area contributed by atoms with Crippen LogP contribution in [0, 0.1) is 0 Å². The molecular formula is C41H46N2O6. The Morgan fingerprint density at radius 1 is 0.490 bits per heavy atom. The average Bonchev–Trinajstić information content (AvgIpc) is 3.13. The number of nitrogens with zero attached hydrogens (tertiary/aromatic N) is 2. The summed E-state index contributed by atoms with van der Waals surface area (Å²) in [4.78, 5) is 34.0. The maximum absolute atomic E-state index is 12.5. The highest BCUT2D eigenvalue weighted by Crippen LogP contribution is 2.18. The smallest absolute Gasteiger partial charge is 0.343 e. The molecule has 0 N–H and O–H groups in total. The number of benzene rings is 4. The lowest BCUT2D eigenvalue weighted by molar-refractivity contribution is 0.0725. The second-order valence-electron chi connectivity index (χ2n) is 11.5. The molecule has 49 heavy (non-hydrogen) atoms.